The summed E-state index contributed by atoms with van der Waals surface area (Å²) in [5.41, 5.74) is 0.281. The van der Waals surface area contributed by atoms with Crippen LogP contribution in [0.4, 0.5) is 0 Å². The van der Waals surface area contributed by atoms with Crippen molar-refractivity contribution in [3.63, 3.8) is 0 Å². The molecule has 4 atom stereocenters. The first-order chi connectivity index (χ1) is 6.90. The highest BCUT2D eigenvalue weighted by atomic mass is 16.5. The molecule has 1 saturated heterocycles. The lowest BCUT2D eigenvalue weighted by Gasteiger charge is -2.30. The summed E-state index contributed by atoms with van der Waals surface area (Å²) in [6.07, 6.45) is 2.95. The molecule has 0 aromatic rings. The summed E-state index contributed by atoms with van der Waals surface area (Å²) in [6, 6.07) is 0. The van der Waals surface area contributed by atoms with Crippen LogP contribution in [0.15, 0.2) is 0 Å². The summed E-state index contributed by atoms with van der Waals surface area (Å²) in [4.78, 5) is 0. The minimum Gasteiger partial charge on any atom is -0.391 e. The van der Waals surface area contributed by atoms with Crippen molar-refractivity contribution in [2.45, 2.75) is 65.2 Å². The number of aliphatic hydroxyl groups is 1. The van der Waals surface area contributed by atoms with Gasteiger partial charge in [0, 0.05) is 0 Å². The lowest BCUT2D eigenvalue weighted by atomic mass is 9.75. The van der Waals surface area contributed by atoms with Gasteiger partial charge in [-0.15, -0.1) is 0 Å². The summed E-state index contributed by atoms with van der Waals surface area (Å²) in [7, 11) is 2.01. The summed E-state index contributed by atoms with van der Waals surface area (Å²) in [5.74, 6) is 0.577. The van der Waals surface area contributed by atoms with Crippen molar-refractivity contribution in [3.8, 4) is 0 Å². The van der Waals surface area contributed by atoms with Crippen LogP contribution in [0, 0.1) is 11.3 Å². The van der Waals surface area contributed by atoms with Gasteiger partial charge in [-0.1, -0.05) is 34.0 Å². The Bertz CT molecular complexity index is 200. The third kappa shape index (κ3) is 2.98. The molecule has 0 spiro atoms. The standard InChI is InChI=1S/C12H25BO2/c1-5-10-8(12(2,3)4)6-11(15-10)9(14)7-13/h8-11,14H,5-7,13H2,1-4H3. The molecule has 0 bridgehead atoms. The van der Waals surface area contributed by atoms with Crippen molar-refractivity contribution in [2.75, 3.05) is 0 Å². The molecule has 0 aromatic carbocycles. The minimum absolute atomic E-state index is 0.0594. The lowest BCUT2D eigenvalue weighted by molar-refractivity contribution is -0.0360. The molecule has 88 valence electrons. The van der Waals surface area contributed by atoms with Gasteiger partial charge in [0.2, 0.25) is 0 Å². The monoisotopic (exact) mass is 212 g/mol. The second kappa shape index (κ2) is 4.88. The van der Waals surface area contributed by atoms with Crippen LogP contribution >= 0.6 is 0 Å². The van der Waals surface area contributed by atoms with Gasteiger partial charge in [-0.3, -0.25) is 0 Å². The van der Waals surface area contributed by atoms with Crippen molar-refractivity contribution >= 4 is 7.85 Å². The highest BCUT2D eigenvalue weighted by Gasteiger charge is 2.42. The molecule has 1 heterocycles. The zero-order chi connectivity index (χ0) is 11.6. The zero-order valence-corrected chi connectivity index (χ0v) is 10.8. The van der Waals surface area contributed by atoms with Crippen molar-refractivity contribution in [1.82, 2.24) is 0 Å². The van der Waals surface area contributed by atoms with E-state index in [0.717, 1.165) is 19.2 Å². The maximum atomic E-state index is 9.83. The average Bonchev–Trinajstić information content (AvgIpc) is 2.59. The lowest BCUT2D eigenvalue weighted by Crippen LogP contribution is -2.27. The van der Waals surface area contributed by atoms with Crippen molar-refractivity contribution in [3.05, 3.63) is 0 Å². The van der Waals surface area contributed by atoms with E-state index in [0.29, 0.717) is 12.0 Å². The van der Waals surface area contributed by atoms with Crippen LogP contribution in [-0.4, -0.2) is 31.3 Å². The Kier molecular flexibility index (Phi) is 4.24. The quantitative estimate of drug-likeness (QED) is 0.720. The zero-order valence-electron chi connectivity index (χ0n) is 10.8. The van der Waals surface area contributed by atoms with Crippen LogP contribution in [0.5, 0.6) is 0 Å². The molecule has 1 fully saturated rings. The van der Waals surface area contributed by atoms with Gasteiger partial charge in [0.25, 0.3) is 0 Å². The van der Waals surface area contributed by atoms with Crippen LogP contribution in [-0.2, 0) is 4.74 Å². The average molecular weight is 212 g/mol. The SMILES string of the molecule is BCC(O)C1CC(C(C)(C)C)C(CC)O1. The van der Waals surface area contributed by atoms with E-state index in [4.69, 9.17) is 4.74 Å². The number of aliphatic hydroxyl groups excluding tert-OH is 1. The van der Waals surface area contributed by atoms with Gasteiger partial charge < -0.3 is 9.84 Å². The predicted molar refractivity (Wildman–Crippen MR) is 65.9 cm³/mol. The van der Waals surface area contributed by atoms with Crippen LogP contribution in [0.3, 0.4) is 0 Å². The maximum Gasteiger partial charge on any atom is 0.104 e. The second-order valence-electron chi connectivity index (χ2n) is 5.81. The van der Waals surface area contributed by atoms with Crippen molar-refractivity contribution < 1.29 is 9.84 Å². The maximum absolute atomic E-state index is 9.83. The van der Waals surface area contributed by atoms with Gasteiger partial charge in [0.1, 0.15) is 7.85 Å². The fourth-order valence-corrected chi connectivity index (χ4v) is 2.58. The molecule has 0 aromatic heterocycles. The van der Waals surface area contributed by atoms with Gasteiger partial charge in [0.05, 0.1) is 18.3 Å². The van der Waals surface area contributed by atoms with E-state index in [-0.39, 0.29) is 17.6 Å². The summed E-state index contributed by atoms with van der Waals surface area (Å²) in [6.45, 7) is 8.98. The second-order valence-corrected chi connectivity index (χ2v) is 5.81. The van der Waals surface area contributed by atoms with Crippen molar-refractivity contribution in [1.29, 1.82) is 0 Å². The smallest absolute Gasteiger partial charge is 0.104 e. The van der Waals surface area contributed by atoms with Crippen LogP contribution in [0.2, 0.25) is 6.32 Å². The molecule has 1 aliphatic heterocycles. The predicted octanol–water partition coefficient (Wildman–Crippen LogP) is 1.63. The topological polar surface area (TPSA) is 29.5 Å². The Morgan fingerprint density at radius 1 is 1.47 bits per heavy atom. The first-order valence-electron chi connectivity index (χ1n) is 6.23. The molecule has 1 aliphatic rings. The normalized spacial score (nSPS) is 34.3. The van der Waals surface area contributed by atoms with Crippen LogP contribution in [0.25, 0.3) is 0 Å². The third-order valence-electron chi connectivity index (χ3n) is 3.65. The Morgan fingerprint density at radius 3 is 2.40 bits per heavy atom. The van der Waals surface area contributed by atoms with Gasteiger partial charge in [-0.25, -0.2) is 0 Å². The van der Waals surface area contributed by atoms with E-state index in [1.807, 2.05) is 7.85 Å². The molecule has 0 radical (unpaired) electrons. The Morgan fingerprint density at radius 2 is 2.07 bits per heavy atom. The molecule has 1 N–H and O–H groups in total. The van der Waals surface area contributed by atoms with E-state index in [9.17, 15) is 5.11 Å². The van der Waals surface area contributed by atoms with E-state index in [1.54, 1.807) is 0 Å². The summed E-state index contributed by atoms with van der Waals surface area (Å²) < 4.78 is 5.95. The Balaban J connectivity index is 2.67. The number of hydrogen-bond donors (Lipinski definition) is 1. The molecular weight excluding hydrogens is 187 g/mol. The fourth-order valence-electron chi connectivity index (χ4n) is 2.58. The third-order valence-corrected chi connectivity index (χ3v) is 3.65. The van der Waals surface area contributed by atoms with Crippen LogP contribution in [0.1, 0.15) is 40.5 Å². The van der Waals surface area contributed by atoms with Gasteiger partial charge in [0.15, 0.2) is 0 Å². The molecule has 0 saturated carbocycles. The molecule has 15 heavy (non-hydrogen) atoms. The Hall–Kier alpha value is -0.0151. The summed E-state index contributed by atoms with van der Waals surface area (Å²) in [5, 5.41) is 9.83. The highest BCUT2D eigenvalue weighted by Crippen LogP contribution is 2.41. The molecule has 2 nitrogen and oxygen atoms in total. The largest absolute Gasteiger partial charge is 0.391 e. The highest BCUT2D eigenvalue weighted by molar-refractivity contribution is 6.08. The molecule has 4 unspecified atom stereocenters. The summed E-state index contributed by atoms with van der Waals surface area (Å²) >= 11 is 0. The first kappa shape index (κ1) is 13.1. The number of hydrogen-bond acceptors (Lipinski definition) is 2. The first-order valence-corrected chi connectivity index (χ1v) is 6.23. The van der Waals surface area contributed by atoms with E-state index in [2.05, 4.69) is 27.7 Å². The molecule has 0 amide bonds. The van der Waals surface area contributed by atoms with Crippen molar-refractivity contribution in [2.24, 2.45) is 11.3 Å². The van der Waals surface area contributed by atoms with E-state index in [1.165, 1.54) is 0 Å². The van der Waals surface area contributed by atoms with E-state index < -0.39 is 0 Å². The molecule has 1 rings (SSSR count). The van der Waals surface area contributed by atoms with Gasteiger partial charge in [-0.05, 0) is 24.2 Å². The fraction of sp³-hybridized carbons (Fsp3) is 1.00. The number of ether oxygens (including phenoxy) is 1. The molecule has 3 heteroatoms. The number of rotatable bonds is 3. The van der Waals surface area contributed by atoms with E-state index >= 15 is 0 Å². The Labute approximate surface area is 94.8 Å². The van der Waals surface area contributed by atoms with Gasteiger partial charge in [-0.2, -0.15) is 0 Å². The minimum atomic E-state index is -0.286. The molecular formula is C12H25BO2. The van der Waals surface area contributed by atoms with Gasteiger partial charge >= 0.3 is 0 Å². The van der Waals surface area contributed by atoms with Crippen LogP contribution < -0.4 is 0 Å². The molecule has 0 aliphatic carbocycles.